The van der Waals surface area contributed by atoms with Crippen LogP contribution in [0.1, 0.15) is 27.2 Å². The highest BCUT2D eigenvalue weighted by Gasteiger charge is 2.25. The summed E-state index contributed by atoms with van der Waals surface area (Å²) in [6.45, 7) is 6.30. The highest BCUT2D eigenvalue weighted by molar-refractivity contribution is 5.76. The smallest absolute Gasteiger partial charge is 0.242 e. The van der Waals surface area contributed by atoms with Gasteiger partial charge in [0, 0.05) is 18.8 Å². The summed E-state index contributed by atoms with van der Waals surface area (Å²) < 4.78 is 1.47. The highest BCUT2D eigenvalue weighted by Crippen LogP contribution is 2.21. The van der Waals surface area contributed by atoms with E-state index in [-0.39, 0.29) is 30.5 Å². The molecule has 1 rings (SSSR count). The van der Waals surface area contributed by atoms with E-state index in [1.807, 2.05) is 20.8 Å². The summed E-state index contributed by atoms with van der Waals surface area (Å²) in [5.41, 5.74) is -0.0826. The van der Waals surface area contributed by atoms with Crippen LogP contribution in [0.15, 0.2) is 12.4 Å². The monoisotopic (exact) mass is 240 g/mol. The van der Waals surface area contributed by atoms with E-state index in [0.29, 0.717) is 6.42 Å². The summed E-state index contributed by atoms with van der Waals surface area (Å²) in [4.78, 5) is 11.8. The Morgan fingerprint density at radius 1 is 1.53 bits per heavy atom. The molecule has 0 spiro atoms. The second-order valence-corrected chi connectivity index (χ2v) is 5.10. The van der Waals surface area contributed by atoms with Crippen molar-refractivity contribution in [1.82, 2.24) is 20.3 Å². The van der Waals surface area contributed by atoms with Crippen LogP contribution in [0.2, 0.25) is 0 Å². The SMILES string of the molecule is CC(C)(C)C(CCO)NC(=O)Cn1ccnn1. The van der Waals surface area contributed by atoms with E-state index in [4.69, 9.17) is 5.11 Å². The van der Waals surface area contributed by atoms with Crippen molar-refractivity contribution < 1.29 is 9.90 Å². The van der Waals surface area contributed by atoms with Gasteiger partial charge >= 0.3 is 0 Å². The van der Waals surface area contributed by atoms with Crippen LogP contribution in [0.4, 0.5) is 0 Å². The number of aromatic nitrogens is 3. The number of hydrogen-bond donors (Lipinski definition) is 2. The standard InChI is InChI=1S/C11H20N4O2/c1-11(2,3)9(4-7-16)13-10(17)8-15-6-5-12-14-15/h5-6,9,16H,4,7-8H2,1-3H3,(H,13,17). The third kappa shape index (κ3) is 4.52. The van der Waals surface area contributed by atoms with Gasteiger partial charge < -0.3 is 10.4 Å². The molecular weight excluding hydrogens is 220 g/mol. The van der Waals surface area contributed by atoms with Gasteiger partial charge in [-0.1, -0.05) is 26.0 Å². The molecule has 2 N–H and O–H groups in total. The third-order valence-electron chi connectivity index (χ3n) is 2.58. The van der Waals surface area contributed by atoms with Crippen LogP contribution in [-0.2, 0) is 11.3 Å². The molecular formula is C11H20N4O2. The summed E-state index contributed by atoms with van der Waals surface area (Å²) in [6.07, 6.45) is 3.71. The molecule has 1 unspecified atom stereocenters. The van der Waals surface area contributed by atoms with Gasteiger partial charge in [-0.3, -0.25) is 4.79 Å². The van der Waals surface area contributed by atoms with Crippen molar-refractivity contribution in [2.24, 2.45) is 5.41 Å². The summed E-state index contributed by atoms with van der Waals surface area (Å²) in [5.74, 6) is -0.121. The fourth-order valence-electron chi connectivity index (χ4n) is 1.55. The molecule has 1 heterocycles. The number of aliphatic hydroxyl groups excluding tert-OH is 1. The number of carbonyl (C=O) groups is 1. The lowest BCUT2D eigenvalue weighted by Crippen LogP contribution is -2.45. The quantitative estimate of drug-likeness (QED) is 0.770. The Morgan fingerprint density at radius 2 is 2.24 bits per heavy atom. The fourth-order valence-corrected chi connectivity index (χ4v) is 1.55. The Hall–Kier alpha value is -1.43. The first kappa shape index (κ1) is 13.6. The van der Waals surface area contributed by atoms with Gasteiger partial charge in [-0.2, -0.15) is 0 Å². The Labute approximate surface area is 101 Å². The Morgan fingerprint density at radius 3 is 2.71 bits per heavy atom. The molecule has 1 amide bonds. The normalized spacial score (nSPS) is 13.4. The fraction of sp³-hybridized carbons (Fsp3) is 0.727. The van der Waals surface area contributed by atoms with Gasteiger partial charge in [-0.25, -0.2) is 4.68 Å². The average Bonchev–Trinajstić information content (AvgIpc) is 2.68. The average molecular weight is 240 g/mol. The molecule has 0 saturated carbocycles. The highest BCUT2D eigenvalue weighted by atomic mass is 16.3. The molecule has 1 aromatic heterocycles. The number of rotatable bonds is 5. The Kier molecular flexibility index (Phi) is 4.62. The minimum absolute atomic E-state index is 0.0523. The van der Waals surface area contributed by atoms with Crippen LogP contribution in [0.5, 0.6) is 0 Å². The predicted molar refractivity (Wildman–Crippen MR) is 63.1 cm³/mol. The molecule has 6 heteroatoms. The molecule has 17 heavy (non-hydrogen) atoms. The van der Waals surface area contributed by atoms with Gasteiger partial charge in [-0.15, -0.1) is 5.10 Å². The Balaban J connectivity index is 2.52. The van der Waals surface area contributed by atoms with E-state index >= 15 is 0 Å². The summed E-state index contributed by atoms with van der Waals surface area (Å²) in [5, 5.41) is 19.3. The molecule has 96 valence electrons. The predicted octanol–water partition coefficient (Wildman–Crippen LogP) is 0.191. The molecule has 0 aromatic carbocycles. The van der Waals surface area contributed by atoms with Gasteiger partial charge in [0.1, 0.15) is 6.54 Å². The van der Waals surface area contributed by atoms with Gasteiger partial charge in [0.05, 0.1) is 6.20 Å². The van der Waals surface area contributed by atoms with Crippen molar-refractivity contribution in [3.8, 4) is 0 Å². The molecule has 0 saturated heterocycles. The maximum absolute atomic E-state index is 11.8. The molecule has 0 fully saturated rings. The van der Waals surface area contributed by atoms with E-state index in [0.717, 1.165) is 0 Å². The van der Waals surface area contributed by atoms with Gasteiger partial charge in [0.25, 0.3) is 0 Å². The second kappa shape index (κ2) is 5.77. The molecule has 0 aliphatic heterocycles. The van der Waals surface area contributed by atoms with Crippen LogP contribution in [0.3, 0.4) is 0 Å². The number of hydrogen-bond acceptors (Lipinski definition) is 4. The summed E-state index contributed by atoms with van der Waals surface area (Å²) >= 11 is 0. The van der Waals surface area contributed by atoms with Crippen LogP contribution in [0.25, 0.3) is 0 Å². The number of nitrogens with zero attached hydrogens (tertiary/aromatic N) is 3. The van der Waals surface area contributed by atoms with E-state index in [2.05, 4.69) is 15.6 Å². The molecule has 0 radical (unpaired) electrons. The first-order valence-electron chi connectivity index (χ1n) is 5.68. The van der Waals surface area contributed by atoms with Crippen LogP contribution >= 0.6 is 0 Å². The molecule has 6 nitrogen and oxygen atoms in total. The minimum Gasteiger partial charge on any atom is -0.396 e. The maximum atomic E-state index is 11.8. The van der Waals surface area contributed by atoms with Crippen molar-refractivity contribution in [1.29, 1.82) is 0 Å². The lowest BCUT2D eigenvalue weighted by molar-refractivity contribution is -0.123. The lowest BCUT2D eigenvalue weighted by atomic mass is 9.85. The van der Waals surface area contributed by atoms with E-state index in [9.17, 15) is 4.79 Å². The number of aliphatic hydroxyl groups is 1. The van der Waals surface area contributed by atoms with Crippen LogP contribution in [-0.4, -0.2) is 38.7 Å². The number of amides is 1. The summed E-state index contributed by atoms with van der Waals surface area (Å²) in [6, 6.07) is -0.0523. The van der Waals surface area contributed by atoms with E-state index in [1.165, 1.54) is 10.9 Å². The third-order valence-corrected chi connectivity index (χ3v) is 2.58. The zero-order valence-electron chi connectivity index (χ0n) is 10.6. The van der Waals surface area contributed by atoms with Crippen LogP contribution < -0.4 is 5.32 Å². The van der Waals surface area contributed by atoms with Crippen molar-refractivity contribution in [2.45, 2.75) is 39.8 Å². The first-order chi connectivity index (χ1) is 7.93. The number of nitrogens with one attached hydrogen (secondary N) is 1. The summed E-state index contributed by atoms with van der Waals surface area (Å²) in [7, 11) is 0. The van der Waals surface area contributed by atoms with Gasteiger partial charge in [-0.05, 0) is 11.8 Å². The lowest BCUT2D eigenvalue weighted by Gasteiger charge is -2.31. The molecule has 0 bridgehead atoms. The van der Waals surface area contributed by atoms with E-state index < -0.39 is 0 Å². The first-order valence-corrected chi connectivity index (χ1v) is 5.68. The van der Waals surface area contributed by atoms with Crippen molar-refractivity contribution in [3.63, 3.8) is 0 Å². The Bertz CT molecular complexity index is 343. The van der Waals surface area contributed by atoms with Gasteiger partial charge in [0.2, 0.25) is 5.91 Å². The molecule has 1 atom stereocenters. The van der Waals surface area contributed by atoms with Gasteiger partial charge in [0.15, 0.2) is 0 Å². The zero-order valence-corrected chi connectivity index (χ0v) is 10.6. The second-order valence-electron chi connectivity index (χ2n) is 5.10. The topological polar surface area (TPSA) is 80.0 Å². The minimum atomic E-state index is -0.121. The van der Waals surface area contributed by atoms with Crippen molar-refractivity contribution >= 4 is 5.91 Å². The largest absolute Gasteiger partial charge is 0.396 e. The van der Waals surface area contributed by atoms with Crippen molar-refractivity contribution in [3.05, 3.63) is 12.4 Å². The van der Waals surface area contributed by atoms with Crippen LogP contribution in [0, 0.1) is 5.41 Å². The van der Waals surface area contributed by atoms with E-state index in [1.54, 1.807) is 6.20 Å². The maximum Gasteiger partial charge on any atom is 0.242 e. The van der Waals surface area contributed by atoms with Crippen molar-refractivity contribution in [2.75, 3.05) is 6.61 Å². The molecule has 0 aliphatic carbocycles. The molecule has 1 aromatic rings. The zero-order chi connectivity index (χ0) is 12.9. The molecule has 0 aliphatic rings. The number of carbonyl (C=O) groups excluding carboxylic acids is 1.